The van der Waals surface area contributed by atoms with Crippen LogP contribution in [-0.2, 0) is 14.4 Å². The van der Waals surface area contributed by atoms with Crippen LogP contribution < -0.4 is 15.4 Å². The van der Waals surface area contributed by atoms with Crippen molar-refractivity contribution in [3.8, 4) is 5.75 Å². The van der Waals surface area contributed by atoms with Gasteiger partial charge in [0.25, 0.3) is 0 Å². The van der Waals surface area contributed by atoms with Gasteiger partial charge in [0.05, 0.1) is 36.3 Å². The molecule has 8 nitrogen and oxygen atoms in total. The number of aliphatic hydroxyl groups is 1. The van der Waals surface area contributed by atoms with Crippen LogP contribution in [0.25, 0.3) is 0 Å². The normalized spacial score (nSPS) is 30.6. The van der Waals surface area contributed by atoms with E-state index in [1.807, 2.05) is 44.2 Å². The van der Waals surface area contributed by atoms with Crippen LogP contribution in [0.2, 0.25) is 0 Å². The summed E-state index contributed by atoms with van der Waals surface area (Å²) in [6, 6.07) is 15.0. The third kappa shape index (κ3) is 4.08. The van der Waals surface area contributed by atoms with Crippen LogP contribution in [0.1, 0.15) is 33.1 Å². The number of anilines is 2. The molecule has 3 saturated heterocycles. The molecule has 2 bridgehead atoms. The average molecular weight is 524 g/mol. The molecule has 0 aliphatic carbocycles. The molecule has 2 unspecified atom stereocenters. The molecule has 3 fully saturated rings. The fourth-order valence-corrected chi connectivity index (χ4v) is 8.84. The number of hydrogen-bond acceptors (Lipinski definition) is 6. The Morgan fingerprint density at radius 2 is 1.73 bits per heavy atom. The Kier molecular flexibility index (Phi) is 6.70. The van der Waals surface area contributed by atoms with Crippen molar-refractivity contribution in [2.24, 2.45) is 11.8 Å². The van der Waals surface area contributed by atoms with E-state index in [2.05, 4.69) is 10.6 Å². The molecule has 3 N–H and O–H groups in total. The number of likely N-dealkylation sites (tertiary alicyclic amines) is 1. The first-order valence-electron chi connectivity index (χ1n) is 12.7. The number of hydrogen-bond donors (Lipinski definition) is 3. The number of nitrogens with zero attached hydrogens (tertiary/aromatic N) is 1. The Morgan fingerprint density at radius 1 is 1.08 bits per heavy atom. The van der Waals surface area contributed by atoms with E-state index in [-0.39, 0.29) is 24.3 Å². The first kappa shape index (κ1) is 25.6. The second kappa shape index (κ2) is 9.68. The number of thioether (sulfide) groups is 1. The number of ether oxygens (including phenoxy) is 1. The Balaban J connectivity index is 1.51. The average Bonchev–Trinajstić information content (AvgIpc) is 3.47. The molecule has 9 heteroatoms. The minimum atomic E-state index is -0.800. The minimum absolute atomic E-state index is 0.200. The quantitative estimate of drug-likeness (QED) is 0.489. The maximum atomic E-state index is 14.1. The number of benzene rings is 2. The first-order valence-corrected chi connectivity index (χ1v) is 13.5. The van der Waals surface area contributed by atoms with E-state index in [1.54, 1.807) is 48.0 Å². The first-order chi connectivity index (χ1) is 17.8. The van der Waals surface area contributed by atoms with Gasteiger partial charge in [-0.25, -0.2) is 0 Å². The molecule has 3 heterocycles. The Labute approximate surface area is 221 Å². The zero-order chi connectivity index (χ0) is 26.4. The lowest BCUT2D eigenvalue weighted by Gasteiger charge is -2.36. The van der Waals surface area contributed by atoms with Crippen molar-refractivity contribution in [3.63, 3.8) is 0 Å². The monoisotopic (exact) mass is 523 g/mol. The molecule has 2 aromatic rings. The SMILES string of the molecule is CC[C@@H](CO)N1C(=O)[C@@H]2[C@@H](C(=O)Nc3ccccc3)[C@@]3(C)CCC2(S3)C1C(=O)Nc1ccc(OC)cc1. The number of amides is 3. The summed E-state index contributed by atoms with van der Waals surface area (Å²) in [6.45, 7) is 3.68. The number of nitrogens with one attached hydrogen (secondary N) is 2. The summed E-state index contributed by atoms with van der Waals surface area (Å²) < 4.78 is 4.00. The van der Waals surface area contributed by atoms with E-state index >= 15 is 0 Å². The second-order valence-corrected chi connectivity index (χ2v) is 12.2. The Hall–Kier alpha value is -3.04. The largest absolute Gasteiger partial charge is 0.497 e. The van der Waals surface area contributed by atoms with Crippen LogP contribution in [-0.4, -0.2) is 63.0 Å². The van der Waals surface area contributed by atoms with Gasteiger partial charge in [-0.05, 0) is 62.6 Å². The fourth-order valence-electron chi connectivity index (χ4n) is 6.50. The topological polar surface area (TPSA) is 108 Å². The van der Waals surface area contributed by atoms with Crippen molar-refractivity contribution in [2.75, 3.05) is 24.4 Å². The van der Waals surface area contributed by atoms with Crippen LogP contribution in [0.3, 0.4) is 0 Å². The molecule has 37 heavy (non-hydrogen) atoms. The fraction of sp³-hybridized carbons (Fsp3) is 0.464. The number of carbonyl (C=O) groups is 3. The van der Waals surface area contributed by atoms with Gasteiger partial charge >= 0.3 is 0 Å². The zero-order valence-electron chi connectivity index (χ0n) is 21.3. The van der Waals surface area contributed by atoms with Gasteiger partial charge < -0.3 is 25.4 Å². The van der Waals surface area contributed by atoms with Crippen LogP contribution in [0.5, 0.6) is 5.75 Å². The van der Waals surface area contributed by atoms with E-state index < -0.39 is 33.4 Å². The Bertz CT molecular complexity index is 1190. The lowest BCUT2D eigenvalue weighted by Crippen LogP contribution is -2.54. The molecule has 3 amide bonds. The summed E-state index contributed by atoms with van der Waals surface area (Å²) >= 11 is 1.61. The van der Waals surface area contributed by atoms with Crippen molar-refractivity contribution in [2.45, 2.75) is 54.7 Å². The highest BCUT2D eigenvalue weighted by molar-refractivity contribution is 8.02. The summed E-state index contributed by atoms with van der Waals surface area (Å²) in [4.78, 5) is 43.3. The number of carbonyl (C=O) groups excluding carboxylic acids is 3. The molecule has 1 spiro atoms. The van der Waals surface area contributed by atoms with Crippen molar-refractivity contribution in [1.29, 1.82) is 0 Å². The molecule has 5 rings (SSSR count). The molecule has 0 saturated carbocycles. The number of rotatable bonds is 8. The molecule has 6 atom stereocenters. The van der Waals surface area contributed by atoms with Gasteiger partial charge in [-0.2, -0.15) is 0 Å². The van der Waals surface area contributed by atoms with Crippen molar-refractivity contribution >= 4 is 40.9 Å². The maximum Gasteiger partial charge on any atom is 0.248 e. The lowest BCUT2D eigenvalue weighted by molar-refractivity contribution is -0.141. The highest BCUT2D eigenvalue weighted by Crippen LogP contribution is 2.71. The summed E-state index contributed by atoms with van der Waals surface area (Å²) in [6.07, 6.45) is 1.88. The molecule has 3 aliphatic heterocycles. The van der Waals surface area contributed by atoms with E-state index in [4.69, 9.17) is 4.74 Å². The number of fused-ring (bicyclic) bond motifs is 1. The summed E-state index contributed by atoms with van der Waals surface area (Å²) in [5.41, 5.74) is 1.27. The smallest absolute Gasteiger partial charge is 0.248 e. The van der Waals surface area contributed by atoms with Crippen LogP contribution in [0.15, 0.2) is 54.6 Å². The summed E-state index contributed by atoms with van der Waals surface area (Å²) in [5, 5.41) is 16.2. The van der Waals surface area contributed by atoms with Crippen LogP contribution in [0, 0.1) is 11.8 Å². The molecule has 2 aromatic carbocycles. The van der Waals surface area contributed by atoms with Gasteiger partial charge in [0, 0.05) is 16.1 Å². The third-order valence-corrected chi connectivity index (χ3v) is 10.2. The van der Waals surface area contributed by atoms with Crippen molar-refractivity contribution in [1.82, 2.24) is 4.90 Å². The van der Waals surface area contributed by atoms with Crippen molar-refractivity contribution in [3.05, 3.63) is 54.6 Å². The third-order valence-electron chi connectivity index (χ3n) is 8.22. The predicted molar refractivity (Wildman–Crippen MR) is 143 cm³/mol. The molecule has 0 aromatic heterocycles. The zero-order valence-corrected chi connectivity index (χ0v) is 22.1. The van der Waals surface area contributed by atoms with Gasteiger partial charge in [-0.1, -0.05) is 25.1 Å². The highest BCUT2D eigenvalue weighted by Gasteiger charge is 2.77. The molecule has 196 valence electrons. The maximum absolute atomic E-state index is 14.1. The number of methoxy groups -OCH3 is 1. The molecular formula is C28H33N3O5S. The number of aliphatic hydroxyl groups excluding tert-OH is 1. The second-order valence-electron chi connectivity index (χ2n) is 10.3. The highest BCUT2D eigenvalue weighted by atomic mass is 32.2. The van der Waals surface area contributed by atoms with Gasteiger partial charge in [0.1, 0.15) is 11.8 Å². The lowest BCUT2D eigenvalue weighted by atomic mass is 9.66. The number of para-hydroxylation sites is 1. The van der Waals surface area contributed by atoms with Gasteiger partial charge in [0.15, 0.2) is 0 Å². The van der Waals surface area contributed by atoms with Gasteiger partial charge in [-0.15, -0.1) is 11.8 Å². The summed E-state index contributed by atoms with van der Waals surface area (Å²) in [7, 11) is 1.58. The van der Waals surface area contributed by atoms with Crippen LogP contribution >= 0.6 is 11.8 Å². The Morgan fingerprint density at radius 3 is 2.35 bits per heavy atom. The van der Waals surface area contributed by atoms with E-state index in [9.17, 15) is 19.5 Å². The van der Waals surface area contributed by atoms with Crippen molar-refractivity contribution < 1.29 is 24.2 Å². The van der Waals surface area contributed by atoms with Gasteiger partial charge in [0.2, 0.25) is 17.7 Å². The molecule has 0 radical (unpaired) electrons. The molecular weight excluding hydrogens is 490 g/mol. The van der Waals surface area contributed by atoms with E-state index in [1.165, 1.54) is 0 Å². The van der Waals surface area contributed by atoms with E-state index in [0.29, 0.717) is 30.0 Å². The summed E-state index contributed by atoms with van der Waals surface area (Å²) in [5.74, 6) is -1.28. The standard InChI is InChI=1S/C28H33N3O5S/c1-4-19(16-32)31-23(25(34)30-18-10-12-20(36-3)13-11-18)28-15-14-27(2,37-28)21(22(28)26(31)35)24(33)29-17-8-6-5-7-9-17/h5-13,19,21-23,32H,4,14-16H2,1-3H3,(H,29,33)(H,30,34)/t19-,21-,22-,23?,27+,28?/m0/s1. The predicted octanol–water partition coefficient (Wildman–Crippen LogP) is 3.52. The minimum Gasteiger partial charge on any atom is -0.497 e. The van der Waals surface area contributed by atoms with E-state index in [0.717, 1.165) is 6.42 Å². The van der Waals surface area contributed by atoms with Gasteiger partial charge in [-0.3, -0.25) is 14.4 Å². The molecule has 3 aliphatic rings. The van der Waals surface area contributed by atoms with Crippen LogP contribution in [0.4, 0.5) is 11.4 Å².